The van der Waals surface area contributed by atoms with Crippen molar-refractivity contribution in [1.29, 1.82) is 0 Å². The Kier molecular flexibility index (Phi) is 5.25. The van der Waals surface area contributed by atoms with Gasteiger partial charge in [-0.1, -0.05) is 12.1 Å². The van der Waals surface area contributed by atoms with Crippen molar-refractivity contribution in [3.63, 3.8) is 0 Å². The number of rotatable bonds is 5. The predicted molar refractivity (Wildman–Crippen MR) is 126 cm³/mol. The van der Waals surface area contributed by atoms with Gasteiger partial charge in [-0.05, 0) is 61.5 Å². The van der Waals surface area contributed by atoms with Crippen LogP contribution in [0.25, 0.3) is 5.13 Å². The molecule has 5 rings (SSSR count). The number of nitrogens with zero attached hydrogens (tertiary/aromatic N) is 5. The number of pyridine rings is 2. The Morgan fingerprint density at radius 1 is 1.10 bits per heavy atom. The Balaban J connectivity index is 1.62. The number of nitrogens with one attached hydrogen (secondary N) is 1. The second-order valence-corrected chi connectivity index (χ2v) is 8.85. The van der Waals surface area contributed by atoms with Crippen LogP contribution in [0.1, 0.15) is 40.3 Å². The summed E-state index contributed by atoms with van der Waals surface area (Å²) in [5, 5.41) is 7.24. The van der Waals surface area contributed by atoms with Gasteiger partial charge in [-0.25, -0.2) is 4.98 Å². The van der Waals surface area contributed by atoms with Crippen LogP contribution in [0.3, 0.4) is 0 Å². The molecule has 8 heteroatoms. The molecule has 0 saturated carbocycles. The number of aryl methyl sites for hydroxylation is 1. The first-order chi connectivity index (χ1) is 15.1. The molecule has 2 unspecified atom stereocenters. The van der Waals surface area contributed by atoms with Gasteiger partial charge in [0.25, 0.3) is 0 Å². The predicted octanol–water partition coefficient (Wildman–Crippen LogP) is 4.51. The molecule has 0 bridgehead atoms. The Bertz CT molecular complexity index is 1190. The van der Waals surface area contributed by atoms with Crippen molar-refractivity contribution in [3.05, 3.63) is 94.8 Å². The third-order valence-corrected chi connectivity index (χ3v) is 6.78. The standard InChI is InChI=1S/C23H22N6S2/c1-15-12-18(16(2)29(15)23-26-10-11-31-23)21-20(19-7-3-4-9-25-19)27-22(30)28(21)14-17-6-5-8-24-13-17/h3-13,20-21H,14H2,1-2H3,(H,27,30). The third kappa shape index (κ3) is 3.62. The molecule has 0 aromatic carbocycles. The summed E-state index contributed by atoms with van der Waals surface area (Å²) >= 11 is 7.44. The largest absolute Gasteiger partial charge is 0.352 e. The maximum Gasteiger partial charge on any atom is 0.193 e. The van der Waals surface area contributed by atoms with Crippen LogP contribution in [0.2, 0.25) is 0 Å². The molecule has 0 radical (unpaired) electrons. The summed E-state index contributed by atoms with van der Waals surface area (Å²) in [6.45, 7) is 4.96. The molecule has 4 aromatic heterocycles. The molecule has 156 valence electrons. The first-order valence-corrected chi connectivity index (χ1v) is 11.4. The zero-order valence-electron chi connectivity index (χ0n) is 17.3. The highest BCUT2D eigenvalue weighted by Gasteiger charge is 2.41. The minimum atomic E-state index is -0.0457. The molecule has 0 amide bonds. The topological polar surface area (TPSA) is 58.9 Å². The van der Waals surface area contributed by atoms with Crippen LogP contribution in [0.4, 0.5) is 0 Å². The van der Waals surface area contributed by atoms with Crippen LogP contribution in [-0.2, 0) is 6.54 Å². The fraction of sp³-hybridized carbons (Fsp3) is 0.217. The molecule has 4 aromatic rings. The summed E-state index contributed by atoms with van der Waals surface area (Å²) in [7, 11) is 0. The van der Waals surface area contributed by atoms with Gasteiger partial charge in [-0.2, -0.15) is 0 Å². The minimum Gasteiger partial charge on any atom is -0.352 e. The molecule has 0 spiro atoms. The van der Waals surface area contributed by atoms with E-state index in [0.29, 0.717) is 6.54 Å². The zero-order valence-corrected chi connectivity index (χ0v) is 18.9. The summed E-state index contributed by atoms with van der Waals surface area (Å²) in [5.74, 6) is 0. The van der Waals surface area contributed by atoms with Gasteiger partial charge in [0.05, 0.1) is 17.8 Å². The Morgan fingerprint density at radius 3 is 2.71 bits per heavy atom. The van der Waals surface area contributed by atoms with Crippen LogP contribution in [0.15, 0.2) is 66.6 Å². The number of thiazole rings is 1. The van der Waals surface area contributed by atoms with Gasteiger partial charge in [-0.3, -0.25) is 14.5 Å². The highest BCUT2D eigenvalue weighted by Crippen LogP contribution is 2.42. The van der Waals surface area contributed by atoms with E-state index in [1.165, 1.54) is 11.3 Å². The van der Waals surface area contributed by atoms with Crippen molar-refractivity contribution >= 4 is 28.7 Å². The van der Waals surface area contributed by atoms with E-state index in [1.807, 2.05) is 42.2 Å². The highest BCUT2D eigenvalue weighted by atomic mass is 32.1. The van der Waals surface area contributed by atoms with E-state index in [2.05, 4.69) is 61.8 Å². The van der Waals surface area contributed by atoms with E-state index in [9.17, 15) is 0 Å². The minimum absolute atomic E-state index is 0.00233. The smallest absolute Gasteiger partial charge is 0.193 e. The molecule has 1 aliphatic heterocycles. The summed E-state index contributed by atoms with van der Waals surface area (Å²) < 4.78 is 2.22. The van der Waals surface area contributed by atoms with Crippen molar-refractivity contribution in [2.75, 3.05) is 0 Å². The zero-order chi connectivity index (χ0) is 21.4. The average molecular weight is 447 g/mol. The molecular formula is C23H22N6S2. The van der Waals surface area contributed by atoms with Crippen molar-refractivity contribution in [1.82, 2.24) is 29.7 Å². The fourth-order valence-electron chi connectivity index (χ4n) is 4.31. The second-order valence-electron chi connectivity index (χ2n) is 7.59. The Hall–Kier alpha value is -3.10. The molecular weight excluding hydrogens is 424 g/mol. The molecule has 31 heavy (non-hydrogen) atoms. The van der Waals surface area contributed by atoms with Crippen molar-refractivity contribution in [2.45, 2.75) is 32.5 Å². The number of aromatic nitrogens is 4. The average Bonchev–Trinajstić information content (AvgIpc) is 3.49. The molecule has 6 nitrogen and oxygen atoms in total. The van der Waals surface area contributed by atoms with Crippen LogP contribution in [0, 0.1) is 13.8 Å². The van der Waals surface area contributed by atoms with Crippen LogP contribution < -0.4 is 5.32 Å². The second kappa shape index (κ2) is 8.20. The fourth-order valence-corrected chi connectivity index (χ4v) is 5.37. The van der Waals surface area contributed by atoms with Gasteiger partial charge in [0.1, 0.15) is 0 Å². The first kappa shape index (κ1) is 19.8. The lowest BCUT2D eigenvalue weighted by molar-refractivity contribution is 0.310. The Labute approximate surface area is 190 Å². The van der Waals surface area contributed by atoms with Gasteiger partial charge in [0.2, 0.25) is 0 Å². The quantitative estimate of drug-likeness (QED) is 0.455. The normalized spacial score (nSPS) is 18.4. The van der Waals surface area contributed by atoms with Gasteiger partial charge in [0, 0.05) is 48.1 Å². The van der Waals surface area contributed by atoms with Crippen LogP contribution in [0.5, 0.6) is 0 Å². The molecule has 2 atom stereocenters. The molecule has 1 saturated heterocycles. The lowest BCUT2D eigenvalue weighted by Crippen LogP contribution is -2.29. The van der Waals surface area contributed by atoms with Crippen LogP contribution >= 0.6 is 23.6 Å². The van der Waals surface area contributed by atoms with E-state index >= 15 is 0 Å². The summed E-state index contributed by atoms with van der Waals surface area (Å²) in [4.78, 5) is 15.7. The van der Waals surface area contributed by atoms with E-state index in [-0.39, 0.29) is 12.1 Å². The van der Waals surface area contributed by atoms with E-state index in [4.69, 9.17) is 12.2 Å². The highest BCUT2D eigenvalue weighted by molar-refractivity contribution is 7.80. The monoisotopic (exact) mass is 446 g/mol. The number of thiocarbonyl (C=S) groups is 1. The summed E-state index contributed by atoms with van der Waals surface area (Å²) in [6.07, 6.45) is 7.36. The Morgan fingerprint density at radius 2 is 2.00 bits per heavy atom. The molecule has 5 heterocycles. The van der Waals surface area contributed by atoms with Crippen molar-refractivity contribution in [3.8, 4) is 5.13 Å². The first-order valence-electron chi connectivity index (χ1n) is 10.1. The number of hydrogen-bond donors (Lipinski definition) is 1. The third-order valence-electron chi connectivity index (χ3n) is 5.67. The van der Waals surface area contributed by atoms with E-state index in [1.54, 1.807) is 17.5 Å². The SMILES string of the molecule is Cc1cc(C2C(c3ccccn3)NC(=S)N2Cc2cccnc2)c(C)n1-c1nccs1. The summed E-state index contributed by atoms with van der Waals surface area (Å²) in [5.41, 5.74) is 5.64. The number of hydrogen-bond acceptors (Lipinski definition) is 5. The maximum atomic E-state index is 5.81. The van der Waals surface area contributed by atoms with Crippen molar-refractivity contribution in [2.24, 2.45) is 0 Å². The van der Waals surface area contributed by atoms with Gasteiger partial charge in [-0.15, -0.1) is 11.3 Å². The van der Waals surface area contributed by atoms with E-state index in [0.717, 1.165) is 27.2 Å². The van der Waals surface area contributed by atoms with Gasteiger partial charge in [0.15, 0.2) is 10.2 Å². The molecule has 1 aliphatic rings. The summed E-state index contributed by atoms with van der Waals surface area (Å²) in [6, 6.07) is 12.3. The molecule has 1 N–H and O–H groups in total. The lowest BCUT2D eigenvalue weighted by Gasteiger charge is -2.28. The van der Waals surface area contributed by atoms with Crippen molar-refractivity contribution < 1.29 is 0 Å². The lowest BCUT2D eigenvalue weighted by atomic mass is 9.96. The molecule has 0 aliphatic carbocycles. The maximum absolute atomic E-state index is 5.81. The molecule has 1 fully saturated rings. The van der Waals surface area contributed by atoms with Crippen LogP contribution in [-0.4, -0.2) is 29.5 Å². The van der Waals surface area contributed by atoms with Gasteiger partial charge >= 0.3 is 0 Å². The van der Waals surface area contributed by atoms with E-state index < -0.39 is 0 Å². The van der Waals surface area contributed by atoms with Gasteiger partial charge < -0.3 is 10.2 Å².